The smallest absolute Gasteiger partial charge is 0.253 e. The molecule has 0 bridgehead atoms. The number of hydrogen-bond acceptors (Lipinski definition) is 7. The predicted octanol–water partition coefficient (Wildman–Crippen LogP) is 4.49. The van der Waals surface area contributed by atoms with Crippen LogP contribution in [0.1, 0.15) is 10.4 Å². The van der Waals surface area contributed by atoms with Crippen LogP contribution < -0.4 is 20.3 Å². The van der Waals surface area contributed by atoms with Crippen molar-refractivity contribution >= 4 is 34.0 Å². The van der Waals surface area contributed by atoms with Crippen molar-refractivity contribution in [1.82, 2.24) is 20.2 Å². The molecule has 0 aliphatic carbocycles. The van der Waals surface area contributed by atoms with Gasteiger partial charge in [0.05, 0.1) is 16.8 Å². The second-order valence-corrected chi connectivity index (χ2v) is 9.09. The van der Waals surface area contributed by atoms with E-state index in [-0.39, 0.29) is 5.91 Å². The molecule has 8 nitrogen and oxygen atoms in total. The third-order valence-electron chi connectivity index (χ3n) is 6.62. The van der Waals surface area contributed by atoms with Gasteiger partial charge >= 0.3 is 0 Å². The number of nitrogens with zero attached hydrogens (tertiary/aromatic N) is 4. The zero-order valence-corrected chi connectivity index (χ0v) is 21.3. The molecule has 0 spiro atoms. The minimum atomic E-state index is -0.108. The normalized spacial score (nSPS) is 13.7. The number of anilines is 3. The van der Waals surface area contributed by atoms with Gasteiger partial charge in [-0.2, -0.15) is 0 Å². The van der Waals surface area contributed by atoms with Gasteiger partial charge in [0.15, 0.2) is 0 Å². The van der Waals surface area contributed by atoms with Crippen molar-refractivity contribution in [2.24, 2.45) is 0 Å². The molecule has 8 heteroatoms. The highest BCUT2D eigenvalue weighted by atomic mass is 16.5. The Labute approximate surface area is 223 Å². The molecule has 0 unspecified atom stereocenters. The van der Waals surface area contributed by atoms with Crippen molar-refractivity contribution in [1.29, 1.82) is 0 Å². The summed E-state index contributed by atoms with van der Waals surface area (Å²) in [5.74, 6) is 1.42. The van der Waals surface area contributed by atoms with Crippen LogP contribution in [0.25, 0.3) is 10.9 Å². The summed E-state index contributed by atoms with van der Waals surface area (Å²) in [5.41, 5.74) is 3.34. The van der Waals surface area contributed by atoms with E-state index in [1.165, 1.54) is 12.0 Å². The van der Waals surface area contributed by atoms with Gasteiger partial charge in [0.1, 0.15) is 24.5 Å². The fraction of sp³-hybridized carbons (Fsp3) is 0.233. The first-order valence-corrected chi connectivity index (χ1v) is 12.9. The topological polar surface area (TPSA) is 82.6 Å². The highest BCUT2D eigenvalue weighted by Crippen LogP contribution is 2.25. The summed E-state index contributed by atoms with van der Waals surface area (Å²) in [6.07, 6.45) is 3.27. The van der Waals surface area contributed by atoms with E-state index in [4.69, 9.17) is 4.74 Å². The van der Waals surface area contributed by atoms with Gasteiger partial charge in [0.2, 0.25) is 0 Å². The van der Waals surface area contributed by atoms with Crippen LogP contribution in [0.3, 0.4) is 0 Å². The summed E-state index contributed by atoms with van der Waals surface area (Å²) in [5, 5.41) is 7.32. The molecule has 1 saturated heterocycles. The molecule has 1 aliphatic rings. The number of nitrogens with one attached hydrogen (secondary N) is 2. The monoisotopic (exact) mass is 508 g/mol. The Morgan fingerprint density at radius 2 is 1.71 bits per heavy atom. The zero-order chi connectivity index (χ0) is 26.2. The number of carbonyl (C=O) groups is 1. The number of aromatic nitrogens is 2. The Morgan fingerprint density at radius 1 is 0.947 bits per heavy atom. The molecule has 5 rings (SSSR count). The molecule has 0 radical (unpaired) electrons. The second kappa shape index (κ2) is 12.2. The van der Waals surface area contributed by atoms with Crippen LogP contribution in [-0.2, 0) is 0 Å². The average Bonchev–Trinajstić information content (AvgIpc) is 2.97. The Hall–Kier alpha value is -4.43. The fourth-order valence-corrected chi connectivity index (χ4v) is 4.58. The van der Waals surface area contributed by atoms with Crippen LogP contribution in [0.5, 0.6) is 5.75 Å². The van der Waals surface area contributed by atoms with Crippen LogP contribution in [0.4, 0.5) is 17.2 Å². The van der Waals surface area contributed by atoms with E-state index in [9.17, 15) is 4.79 Å². The van der Waals surface area contributed by atoms with Gasteiger partial charge in [-0.3, -0.25) is 9.69 Å². The number of ether oxygens (including phenoxy) is 1. The fourth-order valence-electron chi connectivity index (χ4n) is 4.58. The van der Waals surface area contributed by atoms with E-state index in [2.05, 4.69) is 49.1 Å². The summed E-state index contributed by atoms with van der Waals surface area (Å²) in [6, 6.07) is 23.5. The third kappa shape index (κ3) is 6.10. The van der Waals surface area contributed by atoms with Gasteiger partial charge in [0.25, 0.3) is 5.91 Å². The number of rotatable bonds is 10. The maximum absolute atomic E-state index is 13.1. The van der Waals surface area contributed by atoms with Gasteiger partial charge in [-0.25, -0.2) is 9.97 Å². The Kier molecular flexibility index (Phi) is 8.10. The van der Waals surface area contributed by atoms with Crippen molar-refractivity contribution in [3.05, 3.63) is 97.3 Å². The quantitative estimate of drug-likeness (QED) is 0.306. The molecule has 38 heavy (non-hydrogen) atoms. The Morgan fingerprint density at radius 3 is 2.53 bits per heavy atom. The lowest BCUT2D eigenvalue weighted by molar-refractivity contribution is 0.0948. The number of benzene rings is 3. The molecular formula is C30H32N6O2. The molecule has 1 fully saturated rings. The maximum Gasteiger partial charge on any atom is 0.253 e. The van der Waals surface area contributed by atoms with Gasteiger partial charge < -0.3 is 20.3 Å². The Bertz CT molecular complexity index is 1380. The van der Waals surface area contributed by atoms with E-state index < -0.39 is 0 Å². The van der Waals surface area contributed by atoms with Crippen LogP contribution in [0.2, 0.25) is 0 Å². The first kappa shape index (κ1) is 25.2. The molecule has 0 saturated carbocycles. The number of carbonyl (C=O) groups excluding carboxylic acids is 1. The van der Waals surface area contributed by atoms with Crippen molar-refractivity contribution in [2.45, 2.75) is 0 Å². The Balaban J connectivity index is 1.12. The average molecular weight is 509 g/mol. The highest BCUT2D eigenvalue weighted by Gasteiger charge is 2.18. The molecule has 194 valence electrons. The number of amides is 1. The van der Waals surface area contributed by atoms with Crippen LogP contribution in [0.15, 0.2) is 91.8 Å². The van der Waals surface area contributed by atoms with E-state index in [0.717, 1.165) is 49.4 Å². The van der Waals surface area contributed by atoms with Crippen molar-refractivity contribution in [3.8, 4) is 5.75 Å². The summed E-state index contributed by atoms with van der Waals surface area (Å²) >= 11 is 0. The molecule has 2 N–H and O–H groups in total. The molecular weight excluding hydrogens is 476 g/mol. The predicted molar refractivity (Wildman–Crippen MR) is 152 cm³/mol. The molecule has 4 aromatic rings. The lowest BCUT2D eigenvalue weighted by atomic mass is 10.1. The van der Waals surface area contributed by atoms with Crippen molar-refractivity contribution in [3.63, 3.8) is 0 Å². The summed E-state index contributed by atoms with van der Waals surface area (Å²) in [4.78, 5) is 26.5. The summed E-state index contributed by atoms with van der Waals surface area (Å²) in [6.45, 7) is 9.36. The lowest BCUT2D eigenvalue weighted by Gasteiger charge is -2.36. The third-order valence-corrected chi connectivity index (χ3v) is 6.62. The lowest BCUT2D eigenvalue weighted by Crippen LogP contribution is -2.48. The molecule has 1 amide bonds. The number of piperazine rings is 1. The van der Waals surface area contributed by atoms with E-state index in [1.807, 2.05) is 60.7 Å². The molecule has 3 aromatic carbocycles. The molecule has 2 heterocycles. The number of para-hydroxylation sites is 2. The van der Waals surface area contributed by atoms with Gasteiger partial charge in [0, 0.05) is 50.3 Å². The van der Waals surface area contributed by atoms with E-state index in [1.54, 1.807) is 6.08 Å². The first-order chi connectivity index (χ1) is 18.7. The largest absolute Gasteiger partial charge is 0.490 e. The second-order valence-electron chi connectivity index (χ2n) is 9.09. The summed E-state index contributed by atoms with van der Waals surface area (Å²) < 4.78 is 5.58. The van der Waals surface area contributed by atoms with Crippen LogP contribution >= 0.6 is 0 Å². The minimum Gasteiger partial charge on any atom is -0.490 e. The van der Waals surface area contributed by atoms with Gasteiger partial charge in [-0.1, -0.05) is 36.9 Å². The SMILES string of the molecule is C=CCOc1ccc(N2CCN(CCNC(=O)c3ccccc3Nc3ncnc4ccccc34)CC2)cc1. The zero-order valence-electron chi connectivity index (χ0n) is 21.3. The van der Waals surface area contributed by atoms with E-state index >= 15 is 0 Å². The number of hydrogen-bond donors (Lipinski definition) is 2. The standard InChI is InChI=1S/C30H32N6O2/c1-2-21-38-24-13-11-23(12-14-24)36-19-17-35(18-20-36)16-15-31-30(37)26-8-4-6-10-28(26)34-29-25-7-3-5-9-27(25)32-22-33-29/h2-14,22H,1,15-21H2,(H,31,37)(H,32,33,34). The number of fused-ring (bicyclic) bond motifs is 1. The first-order valence-electron chi connectivity index (χ1n) is 12.9. The molecule has 1 aromatic heterocycles. The summed E-state index contributed by atoms with van der Waals surface area (Å²) in [7, 11) is 0. The molecule has 0 atom stereocenters. The van der Waals surface area contributed by atoms with Crippen molar-refractivity contribution in [2.75, 3.05) is 56.1 Å². The maximum atomic E-state index is 13.1. The van der Waals surface area contributed by atoms with Crippen molar-refractivity contribution < 1.29 is 9.53 Å². The van der Waals surface area contributed by atoms with Gasteiger partial charge in [-0.15, -0.1) is 0 Å². The molecule has 1 aliphatic heterocycles. The van der Waals surface area contributed by atoms with Crippen LogP contribution in [-0.4, -0.2) is 66.7 Å². The van der Waals surface area contributed by atoms with Gasteiger partial charge in [-0.05, 0) is 48.5 Å². The highest BCUT2D eigenvalue weighted by molar-refractivity contribution is 6.01. The van der Waals surface area contributed by atoms with Crippen LogP contribution in [0, 0.1) is 0 Å². The van der Waals surface area contributed by atoms with E-state index in [0.29, 0.717) is 30.2 Å². The minimum absolute atomic E-state index is 0.108.